The Labute approximate surface area is 195 Å². The number of hydrogen-bond donors (Lipinski definition) is 1. The highest BCUT2D eigenvalue weighted by atomic mass is 16.5. The lowest BCUT2D eigenvalue weighted by molar-refractivity contribution is -0.125. The van der Waals surface area contributed by atoms with E-state index >= 15 is 0 Å². The highest BCUT2D eigenvalue weighted by Crippen LogP contribution is 2.26. The number of aryl methyl sites for hydroxylation is 1. The van der Waals surface area contributed by atoms with Gasteiger partial charge in [-0.3, -0.25) is 4.79 Å². The molecule has 0 aliphatic rings. The Morgan fingerprint density at radius 2 is 1.58 bits per heavy atom. The first kappa shape index (κ1) is 22.5. The summed E-state index contributed by atoms with van der Waals surface area (Å²) in [6.45, 7) is 6.89. The van der Waals surface area contributed by atoms with Crippen molar-refractivity contribution in [3.63, 3.8) is 0 Å². The zero-order valence-electron chi connectivity index (χ0n) is 18.9. The predicted octanol–water partition coefficient (Wildman–Crippen LogP) is 6.32. The SMILES string of the molecule is C=C[C@@H](OCc1ccc2ccccc2c1)[C@H](C(=O)NCc1ccccc1)c1ccc(C)cc1. The van der Waals surface area contributed by atoms with Crippen molar-refractivity contribution in [1.29, 1.82) is 0 Å². The van der Waals surface area contributed by atoms with Gasteiger partial charge in [0.2, 0.25) is 5.91 Å². The van der Waals surface area contributed by atoms with E-state index in [2.05, 4.69) is 42.2 Å². The van der Waals surface area contributed by atoms with E-state index in [9.17, 15) is 4.79 Å². The molecule has 0 fully saturated rings. The number of carbonyl (C=O) groups excluding carboxylic acids is 1. The summed E-state index contributed by atoms with van der Waals surface area (Å²) in [6, 6.07) is 32.5. The summed E-state index contributed by atoms with van der Waals surface area (Å²) in [5, 5.41) is 5.45. The van der Waals surface area contributed by atoms with E-state index in [0.29, 0.717) is 13.2 Å². The maximum absolute atomic E-state index is 13.3. The zero-order chi connectivity index (χ0) is 23.0. The molecule has 33 heavy (non-hydrogen) atoms. The topological polar surface area (TPSA) is 38.3 Å². The van der Waals surface area contributed by atoms with Crippen LogP contribution in [0.1, 0.15) is 28.2 Å². The van der Waals surface area contributed by atoms with Crippen LogP contribution in [0.5, 0.6) is 0 Å². The largest absolute Gasteiger partial charge is 0.368 e. The fraction of sp³-hybridized carbons (Fsp3) is 0.167. The van der Waals surface area contributed by atoms with Gasteiger partial charge in [-0.05, 0) is 40.5 Å². The van der Waals surface area contributed by atoms with Crippen LogP contribution in [0.25, 0.3) is 10.8 Å². The molecule has 1 N–H and O–H groups in total. The molecule has 4 rings (SSSR count). The normalized spacial score (nSPS) is 12.8. The van der Waals surface area contributed by atoms with Gasteiger partial charge in [-0.1, -0.05) is 103 Å². The Balaban J connectivity index is 1.53. The van der Waals surface area contributed by atoms with Gasteiger partial charge in [-0.25, -0.2) is 0 Å². The van der Waals surface area contributed by atoms with Crippen LogP contribution in [-0.4, -0.2) is 12.0 Å². The van der Waals surface area contributed by atoms with E-state index in [1.54, 1.807) is 6.08 Å². The van der Waals surface area contributed by atoms with Crippen molar-refractivity contribution in [2.75, 3.05) is 0 Å². The molecule has 4 aromatic carbocycles. The lowest BCUT2D eigenvalue weighted by atomic mass is 9.91. The minimum atomic E-state index is -0.493. The van der Waals surface area contributed by atoms with Gasteiger partial charge >= 0.3 is 0 Å². The van der Waals surface area contributed by atoms with Gasteiger partial charge in [0.05, 0.1) is 18.6 Å². The Morgan fingerprint density at radius 3 is 2.30 bits per heavy atom. The fourth-order valence-corrected chi connectivity index (χ4v) is 3.98. The van der Waals surface area contributed by atoms with E-state index in [-0.39, 0.29) is 5.91 Å². The van der Waals surface area contributed by atoms with Gasteiger partial charge in [0.15, 0.2) is 0 Å². The molecule has 0 bridgehead atoms. The van der Waals surface area contributed by atoms with E-state index in [1.165, 1.54) is 10.8 Å². The average Bonchev–Trinajstić information content (AvgIpc) is 2.86. The van der Waals surface area contributed by atoms with Crippen molar-refractivity contribution >= 4 is 16.7 Å². The molecule has 166 valence electrons. The zero-order valence-corrected chi connectivity index (χ0v) is 18.9. The third-order valence-electron chi connectivity index (χ3n) is 5.85. The molecular formula is C30H29NO2. The smallest absolute Gasteiger partial charge is 0.230 e. The molecule has 2 atom stereocenters. The van der Waals surface area contributed by atoms with Crippen LogP contribution in [0.15, 0.2) is 110 Å². The van der Waals surface area contributed by atoms with Crippen molar-refractivity contribution in [2.45, 2.75) is 32.1 Å². The van der Waals surface area contributed by atoms with Crippen molar-refractivity contribution in [3.05, 3.63) is 132 Å². The summed E-state index contributed by atoms with van der Waals surface area (Å²) in [4.78, 5) is 13.3. The first-order chi connectivity index (χ1) is 16.1. The second kappa shape index (κ2) is 10.8. The number of carbonyl (C=O) groups is 1. The van der Waals surface area contributed by atoms with Crippen LogP contribution >= 0.6 is 0 Å². The van der Waals surface area contributed by atoms with Gasteiger partial charge in [-0.15, -0.1) is 6.58 Å². The Bertz CT molecular complexity index is 1220. The van der Waals surface area contributed by atoms with Gasteiger partial charge < -0.3 is 10.1 Å². The molecule has 0 aliphatic heterocycles. The predicted molar refractivity (Wildman–Crippen MR) is 135 cm³/mol. The lowest BCUT2D eigenvalue weighted by Crippen LogP contribution is -2.36. The lowest BCUT2D eigenvalue weighted by Gasteiger charge is -2.25. The van der Waals surface area contributed by atoms with E-state index in [0.717, 1.165) is 22.3 Å². The first-order valence-corrected chi connectivity index (χ1v) is 11.2. The molecule has 3 heteroatoms. The van der Waals surface area contributed by atoms with Gasteiger partial charge in [0.1, 0.15) is 0 Å². The van der Waals surface area contributed by atoms with Gasteiger partial charge in [0.25, 0.3) is 0 Å². The first-order valence-electron chi connectivity index (χ1n) is 11.2. The molecule has 0 heterocycles. The molecule has 0 unspecified atom stereocenters. The van der Waals surface area contributed by atoms with Crippen molar-refractivity contribution in [2.24, 2.45) is 0 Å². The van der Waals surface area contributed by atoms with Gasteiger partial charge in [-0.2, -0.15) is 0 Å². The van der Waals surface area contributed by atoms with E-state index in [4.69, 9.17) is 4.74 Å². The number of fused-ring (bicyclic) bond motifs is 1. The number of nitrogens with one attached hydrogen (secondary N) is 1. The van der Waals surface area contributed by atoms with Crippen LogP contribution in [0.3, 0.4) is 0 Å². The van der Waals surface area contributed by atoms with Crippen molar-refractivity contribution in [1.82, 2.24) is 5.32 Å². The molecule has 0 aliphatic carbocycles. The fourth-order valence-electron chi connectivity index (χ4n) is 3.98. The second-order valence-corrected chi connectivity index (χ2v) is 8.28. The quantitative estimate of drug-likeness (QED) is 0.312. The summed E-state index contributed by atoms with van der Waals surface area (Å²) in [5.41, 5.74) is 4.18. The second-order valence-electron chi connectivity index (χ2n) is 8.28. The summed E-state index contributed by atoms with van der Waals surface area (Å²) >= 11 is 0. The summed E-state index contributed by atoms with van der Waals surface area (Å²) in [7, 11) is 0. The monoisotopic (exact) mass is 435 g/mol. The highest BCUT2D eigenvalue weighted by molar-refractivity contribution is 5.85. The number of benzene rings is 4. The van der Waals surface area contributed by atoms with Crippen LogP contribution in [-0.2, 0) is 22.7 Å². The van der Waals surface area contributed by atoms with Crippen LogP contribution < -0.4 is 5.32 Å². The molecule has 0 radical (unpaired) electrons. The molecule has 0 aromatic heterocycles. The molecule has 3 nitrogen and oxygen atoms in total. The standard InChI is InChI=1S/C30H29NO2/c1-3-28(33-21-24-15-18-25-11-7-8-12-27(25)19-24)29(26-16-13-22(2)14-17-26)30(32)31-20-23-9-5-4-6-10-23/h3-19,28-29H,1,20-21H2,2H3,(H,31,32)/t28-,29-/m1/s1. The van der Waals surface area contributed by atoms with Crippen LogP contribution in [0, 0.1) is 6.92 Å². The van der Waals surface area contributed by atoms with E-state index in [1.807, 2.05) is 73.7 Å². The number of ether oxygens (including phenoxy) is 1. The average molecular weight is 436 g/mol. The van der Waals surface area contributed by atoms with Crippen molar-refractivity contribution in [3.8, 4) is 0 Å². The summed E-state index contributed by atoms with van der Waals surface area (Å²) < 4.78 is 6.27. The molecule has 0 saturated heterocycles. The number of hydrogen-bond acceptors (Lipinski definition) is 2. The highest BCUT2D eigenvalue weighted by Gasteiger charge is 2.29. The third kappa shape index (κ3) is 5.76. The van der Waals surface area contributed by atoms with Crippen molar-refractivity contribution < 1.29 is 9.53 Å². The van der Waals surface area contributed by atoms with Crippen LogP contribution in [0.4, 0.5) is 0 Å². The Morgan fingerprint density at radius 1 is 0.879 bits per heavy atom. The maximum Gasteiger partial charge on any atom is 0.230 e. The summed E-state index contributed by atoms with van der Waals surface area (Å²) in [5.74, 6) is -0.571. The molecule has 0 saturated carbocycles. The van der Waals surface area contributed by atoms with Crippen LogP contribution in [0.2, 0.25) is 0 Å². The minimum Gasteiger partial charge on any atom is -0.368 e. The Kier molecular flexibility index (Phi) is 7.33. The maximum atomic E-state index is 13.3. The summed E-state index contributed by atoms with van der Waals surface area (Å²) in [6.07, 6.45) is 1.27. The third-order valence-corrected chi connectivity index (χ3v) is 5.85. The molecule has 1 amide bonds. The molecular weight excluding hydrogens is 406 g/mol. The van der Waals surface area contributed by atoms with Gasteiger partial charge in [0, 0.05) is 6.54 Å². The molecule has 4 aromatic rings. The van der Waals surface area contributed by atoms with E-state index < -0.39 is 12.0 Å². The number of rotatable bonds is 9. The molecule has 0 spiro atoms. The Hall–Kier alpha value is -3.69. The number of amides is 1. The minimum absolute atomic E-state index is 0.0777.